The van der Waals surface area contributed by atoms with Crippen LogP contribution in [0.4, 0.5) is 5.69 Å². The van der Waals surface area contributed by atoms with Gasteiger partial charge < -0.3 is 14.4 Å². The van der Waals surface area contributed by atoms with E-state index in [9.17, 15) is 9.59 Å². The van der Waals surface area contributed by atoms with Gasteiger partial charge in [0.05, 0.1) is 18.8 Å². The number of carbonyl (C=O) groups excluding carboxylic acids is 2. The number of fused-ring (bicyclic) bond motifs is 8. The minimum Gasteiger partial charge on any atom is -0.363 e. The zero-order valence-corrected chi connectivity index (χ0v) is 19.3. The smallest absolute Gasteiger partial charge is 0.218 e. The first-order valence-corrected chi connectivity index (χ1v) is 12.9. The average molecular weight is 448 g/mol. The number of anilines is 1. The van der Waals surface area contributed by atoms with E-state index in [1.54, 1.807) is 0 Å². The number of ether oxygens (including phenoxy) is 2. The fourth-order valence-corrected chi connectivity index (χ4v) is 8.73. The van der Waals surface area contributed by atoms with Gasteiger partial charge in [0.25, 0.3) is 0 Å². The zero-order valence-electron chi connectivity index (χ0n) is 19.3. The maximum Gasteiger partial charge on any atom is 0.218 e. The van der Waals surface area contributed by atoms with Gasteiger partial charge in [-0.05, 0) is 74.8 Å². The highest BCUT2D eigenvalue weighted by Crippen LogP contribution is 2.60. The molecule has 9 rings (SSSR count). The number of Topliss-reactive ketones (excluding diaryl/α,β-unsaturated/α-hetero) is 2. The number of benzene rings is 1. The molecule has 0 amide bonds. The lowest BCUT2D eigenvalue weighted by Crippen LogP contribution is -2.49. The quantitative estimate of drug-likeness (QED) is 0.644. The second-order valence-electron chi connectivity index (χ2n) is 11.7. The Bertz CT molecular complexity index is 995. The Labute approximate surface area is 195 Å². The van der Waals surface area contributed by atoms with Crippen molar-refractivity contribution in [3.63, 3.8) is 0 Å². The Morgan fingerprint density at radius 2 is 1.76 bits per heavy atom. The highest BCUT2D eigenvalue weighted by atomic mass is 16.7. The van der Waals surface area contributed by atoms with E-state index in [4.69, 9.17) is 9.47 Å². The van der Waals surface area contributed by atoms with Crippen molar-refractivity contribution in [2.75, 3.05) is 18.1 Å². The summed E-state index contributed by atoms with van der Waals surface area (Å²) in [5.74, 6) is 3.63. The van der Waals surface area contributed by atoms with Crippen LogP contribution < -0.4 is 4.90 Å². The molecule has 3 saturated heterocycles. The minimum atomic E-state index is -0.609. The predicted octanol–water partition coefficient (Wildman–Crippen LogP) is 4.25. The number of hydrogen-bond acceptors (Lipinski definition) is 5. The predicted molar refractivity (Wildman–Crippen MR) is 124 cm³/mol. The molecule has 4 aliphatic carbocycles. The van der Waals surface area contributed by atoms with Gasteiger partial charge in [-0.2, -0.15) is 0 Å². The highest BCUT2D eigenvalue weighted by Gasteiger charge is 2.57. The van der Waals surface area contributed by atoms with Crippen LogP contribution in [0, 0.1) is 35.0 Å². The molecule has 0 radical (unpaired) electrons. The van der Waals surface area contributed by atoms with Crippen LogP contribution in [0.1, 0.15) is 51.0 Å². The van der Waals surface area contributed by atoms with Gasteiger partial charge in [0.1, 0.15) is 5.78 Å². The SMILES string of the molecule is CC(=O)C12CC3CC(CC(C3)C1)C2.O=C1C2OCC(O2)[C@@H]2[C@H]3C=Cc4ccccc4N3C[C@@H]12. The van der Waals surface area contributed by atoms with Gasteiger partial charge in [-0.3, -0.25) is 9.59 Å². The van der Waals surface area contributed by atoms with Gasteiger partial charge in [0, 0.05) is 29.5 Å². The summed E-state index contributed by atoms with van der Waals surface area (Å²) < 4.78 is 11.2. The first-order chi connectivity index (χ1) is 16.0. The van der Waals surface area contributed by atoms with Crippen molar-refractivity contribution in [1.29, 1.82) is 0 Å². The van der Waals surface area contributed by atoms with Gasteiger partial charge in [0.15, 0.2) is 5.78 Å². The van der Waals surface area contributed by atoms with Crippen LogP contribution in [0.15, 0.2) is 30.3 Å². The lowest BCUT2D eigenvalue weighted by atomic mass is 9.48. The third kappa shape index (κ3) is 3.04. The van der Waals surface area contributed by atoms with Crippen molar-refractivity contribution in [3.05, 3.63) is 35.9 Å². The summed E-state index contributed by atoms with van der Waals surface area (Å²) in [5.41, 5.74) is 2.63. The Morgan fingerprint density at radius 1 is 1.06 bits per heavy atom. The Hall–Kier alpha value is -1.98. The van der Waals surface area contributed by atoms with Gasteiger partial charge in [-0.1, -0.05) is 30.4 Å². The standard InChI is InChI=1S/C16H15NO3.C12H18O/c18-15-10-7-17-11-4-2-1-3-9(11)5-6-12(17)14(10)13-8-19-16(15)20-13;1-8(13)12-5-9-2-10(6-12)4-11(3-9)7-12/h1-6,10,12-14,16H,7-8H2;9-11H,2-7H2,1H3/t10-,12-,13?,14+,16?;/m1./s1. The molecule has 4 heterocycles. The molecule has 5 nitrogen and oxygen atoms in total. The summed E-state index contributed by atoms with van der Waals surface area (Å²) in [7, 11) is 0. The highest BCUT2D eigenvalue weighted by molar-refractivity contribution is 5.88. The minimum absolute atomic E-state index is 0.0436. The van der Waals surface area contributed by atoms with E-state index < -0.39 is 6.29 Å². The van der Waals surface area contributed by atoms with Crippen molar-refractivity contribution in [2.45, 2.75) is 63.9 Å². The van der Waals surface area contributed by atoms with E-state index in [0.29, 0.717) is 12.4 Å². The third-order valence-electron chi connectivity index (χ3n) is 9.85. The Morgan fingerprint density at radius 3 is 2.45 bits per heavy atom. The summed E-state index contributed by atoms with van der Waals surface area (Å²) >= 11 is 0. The van der Waals surface area contributed by atoms with Crippen molar-refractivity contribution in [2.24, 2.45) is 35.0 Å². The van der Waals surface area contributed by atoms with Crippen LogP contribution in [0.5, 0.6) is 0 Å². The second-order valence-corrected chi connectivity index (χ2v) is 11.7. The van der Waals surface area contributed by atoms with E-state index >= 15 is 0 Å². The third-order valence-corrected chi connectivity index (χ3v) is 9.85. The number of carbonyl (C=O) groups is 2. The molecule has 5 heteroatoms. The average Bonchev–Trinajstić information content (AvgIpc) is 3.41. The molecule has 1 aromatic carbocycles. The monoisotopic (exact) mass is 447 g/mol. The largest absolute Gasteiger partial charge is 0.363 e. The molecule has 4 aliphatic heterocycles. The van der Waals surface area contributed by atoms with Crippen molar-refractivity contribution in [3.8, 4) is 0 Å². The molecule has 1 aromatic rings. The summed E-state index contributed by atoms with van der Waals surface area (Å²) in [6.45, 7) is 3.17. The fraction of sp³-hybridized carbons (Fsp3) is 0.643. The van der Waals surface area contributed by atoms with Crippen LogP contribution in [0.3, 0.4) is 0 Å². The van der Waals surface area contributed by atoms with E-state index in [0.717, 1.165) is 24.3 Å². The molecule has 33 heavy (non-hydrogen) atoms. The molecule has 2 unspecified atom stereocenters. The molecule has 0 aromatic heterocycles. The first kappa shape index (κ1) is 20.4. The summed E-state index contributed by atoms with van der Waals surface area (Å²) in [4.78, 5) is 26.5. The topological polar surface area (TPSA) is 55.8 Å². The number of nitrogens with zero attached hydrogens (tertiary/aromatic N) is 1. The number of para-hydroxylation sites is 1. The van der Waals surface area contributed by atoms with Crippen LogP contribution in [-0.4, -0.2) is 43.2 Å². The van der Waals surface area contributed by atoms with Gasteiger partial charge >= 0.3 is 0 Å². The van der Waals surface area contributed by atoms with Gasteiger partial charge in [-0.15, -0.1) is 0 Å². The summed E-state index contributed by atoms with van der Waals surface area (Å²) in [5, 5.41) is 0. The van der Waals surface area contributed by atoms with E-state index in [1.807, 2.05) is 6.92 Å². The van der Waals surface area contributed by atoms with E-state index in [-0.39, 0.29) is 35.2 Å². The molecule has 4 saturated carbocycles. The summed E-state index contributed by atoms with van der Waals surface area (Å²) in [6, 6.07) is 8.63. The second kappa shape index (κ2) is 7.26. The molecule has 5 atom stereocenters. The van der Waals surface area contributed by atoms with Crippen LogP contribution >= 0.6 is 0 Å². The Balaban J connectivity index is 0.000000127. The molecule has 8 aliphatic rings. The molecule has 0 spiro atoms. The molecular weight excluding hydrogens is 414 g/mol. The maximum atomic E-state index is 12.4. The zero-order chi connectivity index (χ0) is 22.3. The lowest BCUT2D eigenvalue weighted by molar-refractivity contribution is -0.162. The molecule has 0 N–H and O–H groups in total. The van der Waals surface area contributed by atoms with E-state index in [2.05, 4.69) is 41.3 Å². The maximum absolute atomic E-state index is 12.4. The first-order valence-electron chi connectivity index (χ1n) is 12.9. The van der Waals surface area contributed by atoms with Crippen LogP contribution in [0.2, 0.25) is 0 Å². The molecule has 6 bridgehead atoms. The van der Waals surface area contributed by atoms with Gasteiger partial charge in [0.2, 0.25) is 6.29 Å². The van der Waals surface area contributed by atoms with Crippen molar-refractivity contribution < 1.29 is 19.1 Å². The summed E-state index contributed by atoms with van der Waals surface area (Å²) in [6.07, 6.45) is 11.9. The van der Waals surface area contributed by atoms with Crippen LogP contribution in [0.25, 0.3) is 6.08 Å². The normalized spacial score (nSPS) is 45.2. The van der Waals surface area contributed by atoms with Crippen molar-refractivity contribution >= 4 is 23.3 Å². The Kier molecular flexibility index (Phi) is 4.49. The number of ketones is 2. The lowest BCUT2D eigenvalue weighted by Gasteiger charge is -2.55. The molecule has 174 valence electrons. The number of hydrogen-bond donors (Lipinski definition) is 0. The van der Waals surface area contributed by atoms with E-state index in [1.165, 1.54) is 49.8 Å². The molecular formula is C28H33NO4. The van der Waals surface area contributed by atoms with Crippen molar-refractivity contribution in [1.82, 2.24) is 0 Å². The van der Waals surface area contributed by atoms with Gasteiger partial charge in [-0.25, -0.2) is 0 Å². The molecule has 7 fully saturated rings. The number of rotatable bonds is 1. The fourth-order valence-electron chi connectivity index (χ4n) is 8.73. The van der Waals surface area contributed by atoms with Crippen LogP contribution in [-0.2, 0) is 19.1 Å².